The number of ether oxygens (including phenoxy) is 1. The van der Waals surface area contributed by atoms with Gasteiger partial charge in [-0.1, -0.05) is 30.9 Å². The number of nitrogens with one attached hydrogen (secondary N) is 1. The number of rotatable bonds is 5. The highest BCUT2D eigenvalue weighted by molar-refractivity contribution is 6.36. The zero-order valence-corrected chi connectivity index (χ0v) is 16.2. The second-order valence-corrected chi connectivity index (χ2v) is 8.29. The van der Waals surface area contributed by atoms with Crippen molar-refractivity contribution >= 4 is 28.5 Å². The van der Waals surface area contributed by atoms with Crippen LogP contribution in [0.2, 0.25) is 5.02 Å². The summed E-state index contributed by atoms with van der Waals surface area (Å²) in [6, 6.07) is 1.71. The number of hydrogen-bond donors (Lipinski definition) is 2. The molecule has 27 heavy (non-hydrogen) atoms. The molecule has 1 unspecified atom stereocenters. The third-order valence-electron chi connectivity index (χ3n) is 5.79. The van der Waals surface area contributed by atoms with Crippen LogP contribution < -0.4 is 5.32 Å². The van der Waals surface area contributed by atoms with Crippen LogP contribution in [0.5, 0.6) is 0 Å². The number of aliphatic hydroxyl groups is 1. The van der Waals surface area contributed by atoms with Crippen molar-refractivity contribution in [3.63, 3.8) is 0 Å². The molecule has 2 aromatic rings. The molecule has 2 aliphatic rings. The Labute approximate surface area is 163 Å². The molecule has 2 aromatic heterocycles. The monoisotopic (exact) mass is 391 g/mol. The standard InChI is InChI=1S/C20H26ClN3O3/c21-16-4-8-22-18-17(16)15(11-24(18)10-14-5-9-27-12-14)19(25)23-13-20(26)6-2-1-3-7-20/h4,8,11,14,26H,1-3,5-7,9-10,12-13H2,(H,23,25). The quantitative estimate of drug-likeness (QED) is 0.820. The Morgan fingerprint density at radius 1 is 1.41 bits per heavy atom. The number of carbonyl (C=O) groups excluding carboxylic acids is 1. The van der Waals surface area contributed by atoms with Gasteiger partial charge >= 0.3 is 0 Å². The molecule has 0 bridgehead atoms. The Hall–Kier alpha value is -1.63. The maximum atomic E-state index is 12.9. The van der Waals surface area contributed by atoms with Crippen molar-refractivity contribution in [2.45, 2.75) is 50.7 Å². The van der Waals surface area contributed by atoms with Gasteiger partial charge in [-0.25, -0.2) is 4.98 Å². The van der Waals surface area contributed by atoms with Gasteiger partial charge in [0, 0.05) is 38.0 Å². The van der Waals surface area contributed by atoms with Crippen molar-refractivity contribution in [1.29, 1.82) is 0 Å². The molecule has 7 heteroatoms. The summed E-state index contributed by atoms with van der Waals surface area (Å²) < 4.78 is 7.47. The zero-order chi connectivity index (χ0) is 18.9. The fourth-order valence-electron chi connectivity index (χ4n) is 4.22. The molecule has 146 valence electrons. The van der Waals surface area contributed by atoms with Crippen LogP contribution in [0.3, 0.4) is 0 Å². The van der Waals surface area contributed by atoms with E-state index in [1.54, 1.807) is 12.3 Å². The molecule has 2 fully saturated rings. The smallest absolute Gasteiger partial charge is 0.253 e. The molecular formula is C20H26ClN3O3. The van der Waals surface area contributed by atoms with Gasteiger partial charge in [-0.3, -0.25) is 4.79 Å². The lowest BCUT2D eigenvalue weighted by atomic mass is 9.85. The average molecular weight is 392 g/mol. The lowest BCUT2D eigenvalue weighted by Crippen LogP contribution is -2.44. The number of pyridine rings is 1. The normalized spacial score (nSPS) is 22.2. The Kier molecular flexibility index (Phi) is 5.39. The predicted molar refractivity (Wildman–Crippen MR) is 104 cm³/mol. The van der Waals surface area contributed by atoms with Crippen molar-refractivity contribution in [3.05, 3.63) is 29.0 Å². The van der Waals surface area contributed by atoms with E-state index >= 15 is 0 Å². The maximum Gasteiger partial charge on any atom is 0.253 e. The fourth-order valence-corrected chi connectivity index (χ4v) is 4.46. The molecule has 2 N–H and O–H groups in total. The third-order valence-corrected chi connectivity index (χ3v) is 6.11. The van der Waals surface area contributed by atoms with E-state index in [1.165, 1.54) is 0 Å². The minimum absolute atomic E-state index is 0.213. The van der Waals surface area contributed by atoms with Gasteiger partial charge in [0.1, 0.15) is 5.65 Å². The molecule has 4 rings (SSSR count). The van der Waals surface area contributed by atoms with Crippen LogP contribution in [0.1, 0.15) is 48.9 Å². The van der Waals surface area contributed by atoms with Crippen molar-refractivity contribution < 1.29 is 14.6 Å². The number of fused-ring (bicyclic) bond motifs is 1. The van der Waals surface area contributed by atoms with Gasteiger partial charge in [-0.05, 0) is 25.3 Å². The molecule has 3 heterocycles. The molecule has 1 aliphatic heterocycles. The molecule has 0 aromatic carbocycles. The summed E-state index contributed by atoms with van der Waals surface area (Å²) in [4.78, 5) is 17.4. The van der Waals surface area contributed by atoms with Gasteiger partial charge in [0.15, 0.2) is 0 Å². The second kappa shape index (κ2) is 7.78. The molecule has 6 nitrogen and oxygen atoms in total. The van der Waals surface area contributed by atoms with Crippen LogP contribution >= 0.6 is 11.6 Å². The number of amides is 1. The first-order valence-electron chi connectivity index (χ1n) is 9.77. The van der Waals surface area contributed by atoms with Crippen LogP contribution in [0.25, 0.3) is 11.0 Å². The topological polar surface area (TPSA) is 76.4 Å². The highest BCUT2D eigenvalue weighted by Crippen LogP contribution is 2.30. The van der Waals surface area contributed by atoms with E-state index in [-0.39, 0.29) is 12.5 Å². The van der Waals surface area contributed by atoms with Crippen LogP contribution in [0.4, 0.5) is 0 Å². The first-order valence-corrected chi connectivity index (χ1v) is 10.2. The number of carbonyl (C=O) groups is 1. The van der Waals surface area contributed by atoms with E-state index in [9.17, 15) is 9.90 Å². The number of halogens is 1. The van der Waals surface area contributed by atoms with E-state index in [2.05, 4.69) is 10.3 Å². The second-order valence-electron chi connectivity index (χ2n) is 7.88. The molecule has 1 amide bonds. The van der Waals surface area contributed by atoms with E-state index in [1.807, 2.05) is 10.8 Å². The van der Waals surface area contributed by atoms with E-state index < -0.39 is 5.60 Å². The van der Waals surface area contributed by atoms with Gasteiger partial charge in [0.05, 0.1) is 28.2 Å². The van der Waals surface area contributed by atoms with Crippen molar-refractivity contribution in [1.82, 2.24) is 14.9 Å². The molecule has 1 saturated carbocycles. The first kappa shape index (κ1) is 18.7. The van der Waals surface area contributed by atoms with Crippen LogP contribution in [-0.4, -0.2) is 45.9 Å². The van der Waals surface area contributed by atoms with Crippen molar-refractivity contribution in [2.24, 2.45) is 5.92 Å². The van der Waals surface area contributed by atoms with Gasteiger partial charge in [0.25, 0.3) is 5.91 Å². The molecular weight excluding hydrogens is 366 g/mol. The molecule has 1 saturated heterocycles. The van der Waals surface area contributed by atoms with E-state index in [4.69, 9.17) is 16.3 Å². The van der Waals surface area contributed by atoms with Crippen molar-refractivity contribution in [3.8, 4) is 0 Å². The summed E-state index contributed by atoms with van der Waals surface area (Å²) in [6.45, 7) is 2.53. The highest BCUT2D eigenvalue weighted by Gasteiger charge is 2.30. The molecule has 0 radical (unpaired) electrons. The Morgan fingerprint density at radius 3 is 2.96 bits per heavy atom. The highest BCUT2D eigenvalue weighted by atomic mass is 35.5. The SMILES string of the molecule is O=C(NCC1(O)CCCCC1)c1cn(CC2CCOC2)c2nccc(Cl)c12. The van der Waals surface area contributed by atoms with E-state index in [0.717, 1.165) is 63.9 Å². The summed E-state index contributed by atoms with van der Waals surface area (Å²) in [5, 5.41) is 14.8. The van der Waals surface area contributed by atoms with Gasteiger partial charge in [-0.2, -0.15) is 0 Å². The van der Waals surface area contributed by atoms with Gasteiger partial charge in [0.2, 0.25) is 0 Å². The zero-order valence-electron chi connectivity index (χ0n) is 15.4. The summed E-state index contributed by atoms with van der Waals surface area (Å²) in [5.74, 6) is 0.204. The Morgan fingerprint density at radius 2 is 2.22 bits per heavy atom. The van der Waals surface area contributed by atoms with Crippen LogP contribution in [0, 0.1) is 5.92 Å². The Balaban J connectivity index is 1.57. The third kappa shape index (κ3) is 3.98. The molecule has 0 spiro atoms. The van der Waals surface area contributed by atoms with E-state index in [0.29, 0.717) is 21.9 Å². The minimum Gasteiger partial charge on any atom is -0.388 e. The maximum absolute atomic E-state index is 12.9. The fraction of sp³-hybridized carbons (Fsp3) is 0.600. The number of aromatic nitrogens is 2. The lowest BCUT2D eigenvalue weighted by Gasteiger charge is -2.32. The largest absolute Gasteiger partial charge is 0.388 e. The summed E-state index contributed by atoms with van der Waals surface area (Å²) >= 11 is 6.41. The average Bonchev–Trinajstić information content (AvgIpc) is 3.30. The molecule has 1 aliphatic carbocycles. The van der Waals surface area contributed by atoms with Gasteiger partial charge in [-0.15, -0.1) is 0 Å². The summed E-state index contributed by atoms with van der Waals surface area (Å²) in [5.41, 5.74) is 0.438. The summed E-state index contributed by atoms with van der Waals surface area (Å²) in [6.07, 6.45) is 9.14. The number of nitrogens with zero attached hydrogens (tertiary/aromatic N) is 2. The Bertz CT molecular complexity index is 823. The minimum atomic E-state index is -0.796. The van der Waals surface area contributed by atoms with Crippen molar-refractivity contribution in [2.75, 3.05) is 19.8 Å². The van der Waals surface area contributed by atoms with Gasteiger partial charge < -0.3 is 19.7 Å². The summed E-state index contributed by atoms with van der Waals surface area (Å²) in [7, 11) is 0. The predicted octanol–water partition coefficient (Wildman–Crippen LogP) is 3.15. The lowest BCUT2D eigenvalue weighted by molar-refractivity contribution is 0.00527. The number of hydrogen-bond acceptors (Lipinski definition) is 4. The van der Waals surface area contributed by atoms with Crippen LogP contribution in [0.15, 0.2) is 18.5 Å². The molecule has 1 atom stereocenters. The van der Waals surface area contributed by atoms with Crippen LogP contribution in [-0.2, 0) is 11.3 Å². The first-order chi connectivity index (χ1) is 13.1.